The second-order valence-electron chi connectivity index (χ2n) is 6.59. The van der Waals surface area contributed by atoms with Crippen LogP contribution in [0.5, 0.6) is 5.75 Å². The first-order valence-corrected chi connectivity index (χ1v) is 10.0. The van der Waals surface area contributed by atoms with Crippen molar-refractivity contribution in [3.63, 3.8) is 0 Å². The van der Waals surface area contributed by atoms with Gasteiger partial charge < -0.3 is 14.2 Å². The van der Waals surface area contributed by atoms with Gasteiger partial charge in [0.25, 0.3) is 0 Å². The molecule has 7 heteroatoms. The number of amides is 1. The lowest BCUT2D eigenvalue weighted by Gasteiger charge is -2.22. The van der Waals surface area contributed by atoms with E-state index in [0.29, 0.717) is 43.5 Å². The SMILES string of the molecule is CCOc1ccccc1-c1noc(C2CCC(=O)N2Cc2cccc(Br)c2)n1. The van der Waals surface area contributed by atoms with Crippen LogP contribution in [0.15, 0.2) is 57.5 Å². The van der Waals surface area contributed by atoms with E-state index in [0.717, 1.165) is 15.6 Å². The van der Waals surface area contributed by atoms with Crippen LogP contribution in [-0.2, 0) is 11.3 Å². The van der Waals surface area contributed by atoms with E-state index < -0.39 is 0 Å². The Kier molecular flexibility index (Phi) is 5.43. The minimum absolute atomic E-state index is 0.0967. The Bertz CT molecular complexity index is 988. The number of hydrogen-bond acceptors (Lipinski definition) is 5. The average molecular weight is 442 g/mol. The number of para-hydroxylation sites is 1. The molecule has 0 saturated carbocycles. The summed E-state index contributed by atoms with van der Waals surface area (Å²) in [5.74, 6) is 1.74. The normalized spacial score (nSPS) is 16.6. The van der Waals surface area contributed by atoms with E-state index in [9.17, 15) is 4.79 Å². The molecule has 0 bridgehead atoms. The summed E-state index contributed by atoms with van der Waals surface area (Å²) in [4.78, 5) is 18.9. The maximum atomic E-state index is 12.5. The van der Waals surface area contributed by atoms with E-state index in [4.69, 9.17) is 9.26 Å². The molecule has 1 amide bonds. The molecular formula is C21H20BrN3O3. The van der Waals surface area contributed by atoms with E-state index in [2.05, 4.69) is 26.1 Å². The van der Waals surface area contributed by atoms with E-state index in [1.165, 1.54) is 0 Å². The van der Waals surface area contributed by atoms with E-state index in [-0.39, 0.29) is 11.9 Å². The molecule has 0 spiro atoms. The highest BCUT2D eigenvalue weighted by atomic mass is 79.9. The number of aromatic nitrogens is 2. The van der Waals surface area contributed by atoms with Crippen molar-refractivity contribution < 1.29 is 14.1 Å². The lowest BCUT2D eigenvalue weighted by Crippen LogP contribution is -2.27. The zero-order chi connectivity index (χ0) is 19.5. The highest BCUT2D eigenvalue weighted by Gasteiger charge is 2.36. The van der Waals surface area contributed by atoms with Crippen LogP contribution in [0.2, 0.25) is 0 Å². The molecule has 4 rings (SSSR count). The first-order chi connectivity index (χ1) is 13.7. The zero-order valence-corrected chi connectivity index (χ0v) is 17.1. The summed E-state index contributed by atoms with van der Waals surface area (Å²) in [5.41, 5.74) is 1.83. The molecule has 1 aromatic heterocycles. The Morgan fingerprint density at radius 3 is 2.93 bits per heavy atom. The second kappa shape index (κ2) is 8.14. The Morgan fingerprint density at radius 1 is 1.25 bits per heavy atom. The smallest absolute Gasteiger partial charge is 0.249 e. The molecule has 2 heterocycles. The Morgan fingerprint density at radius 2 is 2.11 bits per heavy atom. The number of ether oxygens (including phenoxy) is 1. The minimum atomic E-state index is -0.216. The monoisotopic (exact) mass is 441 g/mol. The number of carbonyl (C=O) groups is 1. The van der Waals surface area contributed by atoms with Gasteiger partial charge in [0.2, 0.25) is 17.6 Å². The Hall–Kier alpha value is -2.67. The van der Waals surface area contributed by atoms with Gasteiger partial charge in [0, 0.05) is 17.4 Å². The fourth-order valence-electron chi connectivity index (χ4n) is 3.43. The number of nitrogens with zero attached hydrogens (tertiary/aromatic N) is 3. The van der Waals surface area contributed by atoms with Crippen molar-refractivity contribution in [3.8, 4) is 17.1 Å². The van der Waals surface area contributed by atoms with Crippen molar-refractivity contribution in [1.29, 1.82) is 0 Å². The number of rotatable bonds is 6. The van der Waals surface area contributed by atoms with Gasteiger partial charge in [-0.1, -0.05) is 45.4 Å². The van der Waals surface area contributed by atoms with Gasteiger partial charge in [-0.15, -0.1) is 0 Å². The summed E-state index contributed by atoms with van der Waals surface area (Å²) in [5, 5.41) is 4.14. The third kappa shape index (κ3) is 3.80. The third-order valence-electron chi connectivity index (χ3n) is 4.72. The quantitative estimate of drug-likeness (QED) is 0.551. The summed E-state index contributed by atoms with van der Waals surface area (Å²) in [7, 11) is 0. The average Bonchev–Trinajstić information content (AvgIpc) is 3.30. The van der Waals surface area contributed by atoms with Crippen molar-refractivity contribution in [2.45, 2.75) is 32.4 Å². The molecule has 6 nitrogen and oxygen atoms in total. The number of carbonyl (C=O) groups excluding carboxylic acids is 1. The standard InChI is InChI=1S/C21H20BrN3O3/c1-2-27-18-9-4-3-8-16(18)20-23-21(28-24-20)17-10-11-19(26)25(17)13-14-6-5-7-15(22)12-14/h3-9,12,17H,2,10-11,13H2,1H3. The number of likely N-dealkylation sites (tertiary alicyclic amines) is 1. The predicted molar refractivity (Wildman–Crippen MR) is 108 cm³/mol. The van der Waals surface area contributed by atoms with Crippen LogP contribution in [0.4, 0.5) is 0 Å². The fourth-order valence-corrected chi connectivity index (χ4v) is 3.88. The van der Waals surface area contributed by atoms with Gasteiger partial charge >= 0.3 is 0 Å². The Labute approximate surface area is 171 Å². The molecular weight excluding hydrogens is 422 g/mol. The molecule has 1 aliphatic heterocycles. The molecule has 1 saturated heterocycles. The fraction of sp³-hybridized carbons (Fsp3) is 0.286. The van der Waals surface area contributed by atoms with Gasteiger partial charge in [0.15, 0.2) is 0 Å². The van der Waals surface area contributed by atoms with Crippen LogP contribution in [0.3, 0.4) is 0 Å². The van der Waals surface area contributed by atoms with Crippen molar-refractivity contribution in [1.82, 2.24) is 15.0 Å². The molecule has 2 aromatic carbocycles. The van der Waals surface area contributed by atoms with Crippen molar-refractivity contribution >= 4 is 21.8 Å². The van der Waals surface area contributed by atoms with E-state index >= 15 is 0 Å². The van der Waals surface area contributed by atoms with Crippen molar-refractivity contribution in [3.05, 3.63) is 64.5 Å². The van der Waals surface area contributed by atoms with Crippen molar-refractivity contribution in [2.75, 3.05) is 6.61 Å². The molecule has 144 valence electrons. The van der Waals surface area contributed by atoms with Gasteiger partial charge in [-0.05, 0) is 43.2 Å². The summed E-state index contributed by atoms with van der Waals surface area (Å²) in [6.45, 7) is 3.00. The van der Waals surface area contributed by atoms with E-state index in [1.807, 2.05) is 60.4 Å². The van der Waals surface area contributed by atoms with Crippen LogP contribution in [-0.4, -0.2) is 27.6 Å². The first-order valence-electron chi connectivity index (χ1n) is 9.25. The van der Waals surface area contributed by atoms with Crippen LogP contribution in [0.1, 0.15) is 37.3 Å². The van der Waals surface area contributed by atoms with Crippen LogP contribution >= 0.6 is 15.9 Å². The maximum absolute atomic E-state index is 12.5. The summed E-state index contributed by atoms with van der Waals surface area (Å²) >= 11 is 3.48. The summed E-state index contributed by atoms with van der Waals surface area (Å²) in [6.07, 6.45) is 1.15. The maximum Gasteiger partial charge on any atom is 0.249 e. The first kappa shape index (κ1) is 18.7. The van der Waals surface area contributed by atoms with Crippen LogP contribution < -0.4 is 4.74 Å². The van der Waals surface area contributed by atoms with Gasteiger partial charge in [-0.25, -0.2) is 0 Å². The van der Waals surface area contributed by atoms with Crippen molar-refractivity contribution in [2.24, 2.45) is 0 Å². The van der Waals surface area contributed by atoms with Crippen LogP contribution in [0, 0.1) is 0 Å². The topological polar surface area (TPSA) is 68.5 Å². The Balaban J connectivity index is 1.60. The van der Waals surface area contributed by atoms with Gasteiger partial charge in [0.1, 0.15) is 11.8 Å². The number of benzene rings is 2. The highest BCUT2D eigenvalue weighted by molar-refractivity contribution is 9.10. The van der Waals surface area contributed by atoms with Gasteiger partial charge in [-0.3, -0.25) is 4.79 Å². The number of hydrogen-bond donors (Lipinski definition) is 0. The molecule has 1 aliphatic rings. The molecule has 1 unspecified atom stereocenters. The molecule has 0 aliphatic carbocycles. The predicted octanol–water partition coefficient (Wildman–Crippen LogP) is 4.76. The molecule has 0 radical (unpaired) electrons. The van der Waals surface area contributed by atoms with E-state index in [1.54, 1.807) is 0 Å². The number of halogens is 1. The summed E-state index contributed by atoms with van der Waals surface area (Å²) < 4.78 is 12.2. The second-order valence-corrected chi connectivity index (χ2v) is 7.51. The molecule has 28 heavy (non-hydrogen) atoms. The third-order valence-corrected chi connectivity index (χ3v) is 5.22. The summed E-state index contributed by atoms with van der Waals surface area (Å²) in [6, 6.07) is 15.3. The largest absolute Gasteiger partial charge is 0.493 e. The molecule has 1 atom stereocenters. The lowest BCUT2D eigenvalue weighted by molar-refractivity contribution is -0.129. The molecule has 3 aromatic rings. The van der Waals surface area contributed by atoms with Gasteiger partial charge in [-0.2, -0.15) is 4.98 Å². The highest BCUT2D eigenvalue weighted by Crippen LogP contribution is 2.35. The molecule has 0 N–H and O–H groups in total. The minimum Gasteiger partial charge on any atom is -0.493 e. The van der Waals surface area contributed by atoms with Gasteiger partial charge in [0.05, 0.1) is 12.2 Å². The zero-order valence-electron chi connectivity index (χ0n) is 15.5. The molecule has 1 fully saturated rings. The lowest BCUT2D eigenvalue weighted by atomic mass is 10.1. The van der Waals surface area contributed by atoms with Crippen LogP contribution in [0.25, 0.3) is 11.4 Å².